The van der Waals surface area contributed by atoms with Crippen LogP contribution in [0.5, 0.6) is 0 Å². The van der Waals surface area contributed by atoms with Crippen LogP contribution in [0.1, 0.15) is 29.8 Å². The van der Waals surface area contributed by atoms with E-state index in [1.54, 1.807) is 11.3 Å². The number of thiophene rings is 1. The Hall–Kier alpha value is -1.90. The Labute approximate surface area is 175 Å². The Balaban J connectivity index is 1.20. The molecule has 0 aromatic carbocycles. The number of piperidine rings is 1. The van der Waals surface area contributed by atoms with E-state index in [1.807, 2.05) is 34.0 Å². The minimum atomic E-state index is 0.0133. The van der Waals surface area contributed by atoms with Gasteiger partial charge < -0.3 is 19.5 Å². The molecule has 0 radical (unpaired) electrons. The third-order valence-electron chi connectivity index (χ3n) is 6.09. The number of carbonyl (C=O) groups excluding carboxylic acids is 2. The van der Waals surface area contributed by atoms with Gasteiger partial charge in [0.15, 0.2) is 0 Å². The van der Waals surface area contributed by atoms with E-state index in [9.17, 15) is 9.59 Å². The Bertz CT molecular complexity index is 847. The lowest BCUT2D eigenvalue weighted by molar-refractivity contribution is -0.126. The first-order valence-corrected chi connectivity index (χ1v) is 11.4. The van der Waals surface area contributed by atoms with Gasteiger partial charge in [-0.3, -0.25) is 14.5 Å². The second kappa shape index (κ2) is 9.28. The average molecular weight is 419 g/mol. The summed E-state index contributed by atoms with van der Waals surface area (Å²) in [4.78, 5) is 29.7. The molecule has 4 rings (SSSR count). The van der Waals surface area contributed by atoms with E-state index in [0.717, 1.165) is 74.6 Å². The van der Waals surface area contributed by atoms with Gasteiger partial charge in [0, 0.05) is 45.7 Å². The molecule has 0 atom stereocenters. The van der Waals surface area contributed by atoms with Crippen LogP contribution in [0.4, 0.5) is 0 Å². The minimum Gasteiger partial charge on any atom is -0.379 e. The number of rotatable bonds is 6. The summed E-state index contributed by atoms with van der Waals surface area (Å²) < 4.78 is 8.47. The van der Waals surface area contributed by atoms with Crippen molar-refractivity contribution in [2.24, 2.45) is 13.0 Å². The molecule has 2 aromatic heterocycles. The molecule has 29 heavy (non-hydrogen) atoms. The number of morpholine rings is 1. The largest absolute Gasteiger partial charge is 0.379 e. The van der Waals surface area contributed by atoms with Crippen LogP contribution in [0, 0.1) is 5.92 Å². The number of aryl methyl sites for hydroxylation is 1. The zero-order chi connectivity index (χ0) is 20.2. The molecule has 2 fully saturated rings. The number of carbonyl (C=O) groups is 2. The molecule has 4 heterocycles. The van der Waals surface area contributed by atoms with E-state index in [4.69, 9.17) is 4.74 Å². The molecule has 7 nitrogen and oxygen atoms in total. The first-order chi connectivity index (χ1) is 14.1. The first-order valence-electron chi connectivity index (χ1n) is 10.5. The van der Waals surface area contributed by atoms with Crippen LogP contribution in [0.25, 0.3) is 10.2 Å². The lowest BCUT2D eigenvalue weighted by atomic mass is 9.95. The molecule has 0 saturated carbocycles. The van der Waals surface area contributed by atoms with Crippen molar-refractivity contribution >= 4 is 33.4 Å². The molecule has 0 aliphatic carbocycles. The van der Waals surface area contributed by atoms with Crippen molar-refractivity contribution < 1.29 is 14.3 Å². The van der Waals surface area contributed by atoms with Crippen LogP contribution in [0.3, 0.4) is 0 Å². The Kier molecular flexibility index (Phi) is 6.52. The molecule has 2 aromatic rings. The van der Waals surface area contributed by atoms with E-state index < -0.39 is 0 Å². The van der Waals surface area contributed by atoms with Gasteiger partial charge in [-0.05, 0) is 43.3 Å². The van der Waals surface area contributed by atoms with Crippen molar-refractivity contribution in [1.29, 1.82) is 0 Å². The van der Waals surface area contributed by atoms with Crippen molar-refractivity contribution in [2.45, 2.75) is 19.3 Å². The number of amides is 2. The van der Waals surface area contributed by atoms with E-state index in [-0.39, 0.29) is 17.7 Å². The quantitative estimate of drug-likeness (QED) is 0.728. The fourth-order valence-corrected chi connectivity index (χ4v) is 5.09. The molecule has 8 heteroatoms. The zero-order valence-corrected chi connectivity index (χ0v) is 17.9. The van der Waals surface area contributed by atoms with Gasteiger partial charge >= 0.3 is 0 Å². The Morgan fingerprint density at radius 3 is 2.69 bits per heavy atom. The predicted molar refractivity (Wildman–Crippen MR) is 114 cm³/mol. The molecule has 2 aliphatic heterocycles. The van der Waals surface area contributed by atoms with Crippen LogP contribution in [0.15, 0.2) is 17.5 Å². The van der Waals surface area contributed by atoms with Gasteiger partial charge in [-0.2, -0.15) is 0 Å². The Morgan fingerprint density at radius 2 is 1.97 bits per heavy atom. The number of nitrogens with zero attached hydrogens (tertiary/aromatic N) is 3. The van der Waals surface area contributed by atoms with Crippen molar-refractivity contribution in [1.82, 2.24) is 19.7 Å². The van der Waals surface area contributed by atoms with Crippen LogP contribution in [0.2, 0.25) is 0 Å². The minimum absolute atomic E-state index is 0.0133. The highest BCUT2D eigenvalue weighted by Crippen LogP contribution is 2.26. The van der Waals surface area contributed by atoms with Crippen molar-refractivity contribution in [3.63, 3.8) is 0 Å². The van der Waals surface area contributed by atoms with Crippen molar-refractivity contribution in [2.75, 3.05) is 52.5 Å². The topological polar surface area (TPSA) is 66.8 Å². The number of hydrogen-bond acceptors (Lipinski definition) is 5. The van der Waals surface area contributed by atoms with Gasteiger partial charge in [0.05, 0.1) is 23.4 Å². The average Bonchev–Trinajstić information content (AvgIpc) is 3.34. The summed E-state index contributed by atoms with van der Waals surface area (Å²) in [7, 11) is 1.94. The number of likely N-dealkylation sites (tertiary alicyclic amines) is 1. The molecule has 0 spiro atoms. The van der Waals surface area contributed by atoms with Crippen molar-refractivity contribution in [3.8, 4) is 0 Å². The Morgan fingerprint density at radius 1 is 1.21 bits per heavy atom. The van der Waals surface area contributed by atoms with E-state index >= 15 is 0 Å². The molecule has 0 bridgehead atoms. The number of hydrogen-bond donors (Lipinski definition) is 1. The van der Waals surface area contributed by atoms with E-state index in [0.29, 0.717) is 13.1 Å². The normalized spacial score (nSPS) is 19.0. The summed E-state index contributed by atoms with van der Waals surface area (Å²) in [6.07, 6.45) is 2.44. The van der Waals surface area contributed by atoms with Crippen LogP contribution < -0.4 is 5.32 Å². The first kappa shape index (κ1) is 20.4. The van der Waals surface area contributed by atoms with E-state index in [2.05, 4.69) is 10.2 Å². The monoisotopic (exact) mass is 418 g/mol. The maximum Gasteiger partial charge on any atom is 0.270 e. The van der Waals surface area contributed by atoms with Crippen molar-refractivity contribution in [3.05, 3.63) is 23.2 Å². The van der Waals surface area contributed by atoms with E-state index in [1.165, 1.54) is 0 Å². The number of ether oxygens (including phenoxy) is 1. The smallest absolute Gasteiger partial charge is 0.270 e. The van der Waals surface area contributed by atoms with Crippen LogP contribution >= 0.6 is 11.3 Å². The number of nitrogens with one attached hydrogen (secondary N) is 1. The highest BCUT2D eigenvalue weighted by atomic mass is 32.1. The summed E-state index contributed by atoms with van der Waals surface area (Å²) in [5.41, 5.74) is 1.84. The third kappa shape index (κ3) is 4.65. The van der Waals surface area contributed by atoms with Gasteiger partial charge in [-0.15, -0.1) is 11.3 Å². The molecule has 2 saturated heterocycles. The summed E-state index contributed by atoms with van der Waals surface area (Å²) in [5, 5.41) is 5.13. The van der Waals surface area contributed by atoms with Gasteiger partial charge in [-0.25, -0.2) is 0 Å². The number of fused-ring (bicyclic) bond motifs is 1. The maximum absolute atomic E-state index is 12.9. The number of aromatic nitrogens is 1. The third-order valence-corrected chi connectivity index (χ3v) is 6.94. The standard InChI is InChI=1S/C21H30N4O3S/c1-23-17-5-14-29-19(17)15-18(23)21(27)25-8-3-16(4-9-25)20(26)22-6-2-7-24-10-12-28-13-11-24/h5,14-16H,2-4,6-13H2,1H3,(H,22,26). The fraction of sp³-hybridized carbons (Fsp3) is 0.619. The van der Waals surface area contributed by atoms with Crippen LogP contribution in [-0.4, -0.2) is 78.7 Å². The maximum atomic E-state index is 12.9. The highest BCUT2D eigenvalue weighted by Gasteiger charge is 2.29. The molecule has 158 valence electrons. The molecule has 1 N–H and O–H groups in total. The van der Waals surface area contributed by atoms with Gasteiger partial charge in [0.1, 0.15) is 5.69 Å². The molecular formula is C21H30N4O3S. The van der Waals surface area contributed by atoms with Crippen LogP contribution in [-0.2, 0) is 16.6 Å². The lowest BCUT2D eigenvalue weighted by Gasteiger charge is -2.31. The zero-order valence-electron chi connectivity index (χ0n) is 17.1. The van der Waals surface area contributed by atoms with Gasteiger partial charge in [0.25, 0.3) is 5.91 Å². The fourth-order valence-electron chi connectivity index (χ4n) is 4.25. The molecule has 0 unspecified atom stereocenters. The van der Waals surface area contributed by atoms with Gasteiger partial charge in [-0.1, -0.05) is 0 Å². The highest BCUT2D eigenvalue weighted by molar-refractivity contribution is 7.17. The summed E-state index contributed by atoms with van der Waals surface area (Å²) in [6.45, 7) is 6.60. The second-order valence-corrected chi connectivity index (χ2v) is 8.87. The SMILES string of the molecule is Cn1c(C(=O)N2CCC(C(=O)NCCCN3CCOCC3)CC2)cc2sccc21. The molecule has 2 aliphatic rings. The second-order valence-electron chi connectivity index (χ2n) is 7.92. The summed E-state index contributed by atoms with van der Waals surface area (Å²) in [5.74, 6) is 0.220. The summed E-state index contributed by atoms with van der Waals surface area (Å²) >= 11 is 1.66. The van der Waals surface area contributed by atoms with Gasteiger partial charge in [0.2, 0.25) is 5.91 Å². The molecule has 2 amide bonds. The lowest BCUT2D eigenvalue weighted by Crippen LogP contribution is -2.44. The predicted octanol–water partition coefficient (Wildman–Crippen LogP) is 1.93. The summed E-state index contributed by atoms with van der Waals surface area (Å²) in [6, 6.07) is 4.03. The molecular weight excluding hydrogens is 388 g/mol.